The van der Waals surface area contributed by atoms with Crippen molar-refractivity contribution < 1.29 is 14.0 Å². The number of nitrogens with one attached hydrogen (secondary N) is 2. The van der Waals surface area contributed by atoms with Crippen LogP contribution in [-0.4, -0.2) is 53.4 Å². The van der Waals surface area contributed by atoms with Crippen LogP contribution in [0.4, 0.5) is 4.39 Å². The maximum atomic E-state index is 13.1. The zero-order valence-corrected chi connectivity index (χ0v) is 19.0. The molecule has 2 aromatic rings. The molecule has 1 aromatic heterocycles. The molecule has 176 valence electrons. The van der Waals surface area contributed by atoms with Crippen molar-refractivity contribution in [2.75, 3.05) is 19.6 Å². The molecule has 4 rings (SSSR count). The molecule has 1 saturated carbocycles. The summed E-state index contributed by atoms with van der Waals surface area (Å²) in [6, 6.07) is 11.9. The Labute approximate surface area is 195 Å². The summed E-state index contributed by atoms with van der Waals surface area (Å²) in [6.07, 6.45) is 8.23. The van der Waals surface area contributed by atoms with Crippen LogP contribution >= 0.6 is 0 Å². The Morgan fingerprint density at radius 3 is 2.58 bits per heavy atom. The first-order valence-corrected chi connectivity index (χ1v) is 12.1. The third-order valence-corrected chi connectivity index (χ3v) is 6.58. The van der Waals surface area contributed by atoms with Crippen LogP contribution in [0, 0.1) is 5.82 Å². The van der Waals surface area contributed by atoms with Gasteiger partial charge in [-0.2, -0.15) is 0 Å². The summed E-state index contributed by atoms with van der Waals surface area (Å²) in [6.45, 7) is 2.40. The molecule has 2 heterocycles. The second kappa shape index (κ2) is 11.4. The van der Waals surface area contributed by atoms with Crippen LogP contribution in [0.15, 0.2) is 48.7 Å². The predicted molar refractivity (Wildman–Crippen MR) is 125 cm³/mol. The van der Waals surface area contributed by atoms with Crippen molar-refractivity contribution in [1.29, 1.82) is 0 Å². The Kier molecular flexibility index (Phi) is 8.05. The molecule has 3 atom stereocenters. The molecular weight excluding hydrogens is 419 g/mol. The summed E-state index contributed by atoms with van der Waals surface area (Å²) < 4.78 is 13.1. The molecular formula is C26H33FN4O2. The van der Waals surface area contributed by atoms with Gasteiger partial charge in [0.1, 0.15) is 17.6 Å². The van der Waals surface area contributed by atoms with Crippen molar-refractivity contribution in [1.82, 2.24) is 20.5 Å². The highest BCUT2D eigenvalue weighted by atomic mass is 19.1. The lowest BCUT2D eigenvalue weighted by atomic mass is 10.0. The molecule has 1 aliphatic heterocycles. The average Bonchev–Trinajstić information content (AvgIpc) is 3.63. The number of carbonyl (C=O) groups excluding carboxylic acids is 2. The van der Waals surface area contributed by atoms with E-state index in [1.807, 2.05) is 17.0 Å². The predicted octanol–water partition coefficient (Wildman–Crippen LogP) is 3.65. The zero-order chi connectivity index (χ0) is 23.0. The molecule has 33 heavy (non-hydrogen) atoms. The standard InChI is InChI=1S/C26H33FN4O2/c27-20-12-10-19(11-13-20)21-18-24(21)29-15-5-3-9-23(26(33)31-16-6-1-7-17-31)30-25(32)22-8-2-4-14-28-22/h2,4,8,10-14,21,23-24,29H,1,3,5-7,9,15-18H2,(H,30,32)/t21-,23-,24+/m0/s1. The van der Waals surface area contributed by atoms with Gasteiger partial charge in [-0.1, -0.05) is 18.2 Å². The third kappa shape index (κ3) is 6.60. The third-order valence-electron chi connectivity index (χ3n) is 6.58. The van der Waals surface area contributed by atoms with Crippen LogP contribution in [0.2, 0.25) is 0 Å². The Hall–Kier alpha value is -2.80. The van der Waals surface area contributed by atoms with Crippen molar-refractivity contribution in [2.45, 2.75) is 62.9 Å². The quantitative estimate of drug-likeness (QED) is 0.540. The van der Waals surface area contributed by atoms with Crippen molar-refractivity contribution in [2.24, 2.45) is 0 Å². The van der Waals surface area contributed by atoms with Crippen LogP contribution in [0.25, 0.3) is 0 Å². The highest BCUT2D eigenvalue weighted by Crippen LogP contribution is 2.40. The van der Waals surface area contributed by atoms with Gasteiger partial charge in [0.05, 0.1) is 0 Å². The minimum atomic E-state index is -0.523. The second-order valence-electron chi connectivity index (χ2n) is 9.08. The van der Waals surface area contributed by atoms with Gasteiger partial charge in [0.25, 0.3) is 5.91 Å². The molecule has 6 nitrogen and oxygen atoms in total. The Morgan fingerprint density at radius 2 is 1.85 bits per heavy atom. The molecule has 1 aromatic carbocycles. The summed E-state index contributed by atoms with van der Waals surface area (Å²) in [5.74, 6) is -0.0286. The van der Waals surface area contributed by atoms with Crippen LogP contribution in [-0.2, 0) is 4.79 Å². The van der Waals surface area contributed by atoms with Crippen molar-refractivity contribution >= 4 is 11.8 Å². The average molecular weight is 453 g/mol. The van der Waals surface area contributed by atoms with E-state index >= 15 is 0 Å². The van der Waals surface area contributed by atoms with Crippen LogP contribution in [0.1, 0.15) is 66.9 Å². The molecule has 0 unspecified atom stereocenters. The molecule has 0 bridgehead atoms. The number of unbranched alkanes of at least 4 members (excludes halogenated alkanes) is 1. The van der Waals surface area contributed by atoms with Gasteiger partial charge < -0.3 is 15.5 Å². The molecule has 2 fully saturated rings. The second-order valence-corrected chi connectivity index (χ2v) is 9.08. The van der Waals surface area contributed by atoms with E-state index < -0.39 is 6.04 Å². The Morgan fingerprint density at radius 1 is 1.06 bits per heavy atom. The van der Waals surface area contributed by atoms with Gasteiger partial charge in [0.2, 0.25) is 5.91 Å². The van der Waals surface area contributed by atoms with Crippen LogP contribution < -0.4 is 10.6 Å². The lowest BCUT2D eigenvalue weighted by molar-refractivity contribution is -0.134. The van der Waals surface area contributed by atoms with E-state index in [4.69, 9.17) is 0 Å². The first-order chi connectivity index (χ1) is 16.1. The number of hydrogen-bond acceptors (Lipinski definition) is 4. The van der Waals surface area contributed by atoms with E-state index in [1.165, 1.54) is 17.7 Å². The lowest BCUT2D eigenvalue weighted by Crippen LogP contribution is -2.50. The molecule has 0 radical (unpaired) electrons. The monoisotopic (exact) mass is 452 g/mol. The molecule has 1 aliphatic carbocycles. The van der Waals surface area contributed by atoms with Crippen molar-refractivity contribution in [3.8, 4) is 0 Å². The summed E-state index contributed by atoms with van der Waals surface area (Å²) in [7, 11) is 0. The number of pyridine rings is 1. The summed E-state index contributed by atoms with van der Waals surface area (Å²) in [5, 5.41) is 6.50. The van der Waals surface area contributed by atoms with Gasteiger partial charge in [-0.15, -0.1) is 0 Å². The SMILES string of the molecule is O=C(N[C@@H](CCCCN[C@@H]1C[C@H]1c1ccc(F)cc1)C(=O)N1CCCCC1)c1ccccn1. The number of nitrogens with zero attached hydrogens (tertiary/aromatic N) is 2. The number of amides is 2. The number of hydrogen-bond donors (Lipinski definition) is 2. The largest absolute Gasteiger partial charge is 0.341 e. The van der Waals surface area contributed by atoms with E-state index in [2.05, 4.69) is 15.6 Å². The number of carbonyl (C=O) groups is 2. The maximum Gasteiger partial charge on any atom is 0.270 e. The Balaban J connectivity index is 1.24. The molecule has 7 heteroatoms. The lowest BCUT2D eigenvalue weighted by Gasteiger charge is -2.30. The smallest absolute Gasteiger partial charge is 0.270 e. The number of rotatable bonds is 10. The zero-order valence-electron chi connectivity index (χ0n) is 19.0. The fourth-order valence-corrected chi connectivity index (χ4v) is 4.58. The van der Waals surface area contributed by atoms with E-state index in [9.17, 15) is 14.0 Å². The number of benzene rings is 1. The van der Waals surface area contributed by atoms with Gasteiger partial charge >= 0.3 is 0 Å². The highest BCUT2D eigenvalue weighted by molar-refractivity contribution is 5.96. The maximum absolute atomic E-state index is 13.1. The molecule has 2 N–H and O–H groups in total. The first kappa shape index (κ1) is 23.4. The summed E-state index contributed by atoms with van der Waals surface area (Å²) >= 11 is 0. The molecule has 1 saturated heterocycles. The van der Waals surface area contributed by atoms with Crippen molar-refractivity contribution in [3.63, 3.8) is 0 Å². The molecule has 0 spiro atoms. The minimum absolute atomic E-state index is 0.0190. The van der Waals surface area contributed by atoms with Gasteiger partial charge in [-0.3, -0.25) is 14.6 Å². The first-order valence-electron chi connectivity index (χ1n) is 12.1. The normalized spacial score (nSPS) is 20.8. The molecule has 2 aliphatic rings. The number of halogens is 1. The summed E-state index contributed by atoms with van der Waals surface area (Å²) in [4.78, 5) is 31.8. The van der Waals surface area contributed by atoms with E-state index in [-0.39, 0.29) is 17.6 Å². The number of likely N-dealkylation sites (tertiary alicyclic amines) is 1. The fourth-order valence-electron chi connectivity index (χ4n) is 4.58. The van der Waals surface area contributed by atoms with E-state index in [1.54, 1.807) is 24.4 Å². The summed E-state index contributed by atoms with van der Waals surface area (Å²) in [5.41, 5.74) is 1.51. The van der Waals surface area contributed by atoms with Crippen molar-refractivity contribution in [3.05, 3.63) is 65.7 Å². The Bertz CT molecular complexity index is 916. The number of aromatic nitrogens is 1. The van der Waals surface area contributed by atoms with Crippen LogP contribution in [0.5, 0.6) is 0 Å². The number of piperidine rings is 1. The van der Waals surface area contributed by atoms with Crippen LogP contribution in [0.3, 0.4) is 0 Å². The fraction of sp³-hybridized carbons (Fsp3) is 0.500. The van der Waals surface area contributed by atoms with E-state index in [0.29, 0.717) is 24.1 Å². The van der Waals surface area contributed by atoms with Gasteiger partial charge in [-0.05, 0) is 81.3 Å². The topological polar surface area (TPSA) is 74.3 Å². The highest BCUT2D eigenvalue weighted by Gasteiger charge is 2.37. The van der Waals surface area contributed by atoms with E-state index in [0.717, 1.165) is 58.2 Å². The van der Waals surface area contributed by atoms with Gasteiger partial charge in [0, 0.05) is 31.2 Å². The van der Waals surface area contributed by atoms with Gasteiger partial charge in [-0.25, -0.2) is 4.39 Å². The molecule has 2 amide bonds. The minimum Gasteiger partial charge on any atom is -0.341 e. The van der Waals surface area contributed by atoms with Gasteiger partial charge in [0.15, 0.2) is 0 Å².